The van der Waals surface area contributed by atoms with Crippen molar-refractivity contribution in [3.8, 4) is 0 Å². The lowest BCUT2D eigenvalue weighted by Crippen LogP contribution is -2.12. The summed E-state index contributed by atoms with van der Waals surface area (Å²) in [6.07, 6.45) is 4.52. The van der Waals surface area contributed by atoms with E-state index in [0.29, 0.717) is 24.5 Å². The van der Waals surface area contributed by atoms with E-state index in [1.807, 2.05) is 56.3 Å². The minimum absolute atomic E-state index is 0.586. The summed E-state index contributed by atoms with van der Waals surface area (Å²) < 4.78 is 5.51. The van der Waals surface area contributed by atoms with Gasteiger partial charge in [0.2, 0.25) is 0 Å². The molecule has 112 valence electrons. The van der Waals surface area contributed by atoms with Crippen LogP contribution < -0.4 is 10.6 Å². The Morgan fingerprint density at radius 1 is 1.38 bits per heavy atom. The SMILES string of the molecule is CCOC1=CC(=Nc2ccc(N(C)C)cc2S)CC=C1N. The molecule has 0 heterocycles. The Morgan fingerprint density at radius 3 is 2.76 bits per heavy atom. The van der Waals surface area contributed by atoms with Crippen molar-refractivity contribution in [1.29, 1.82) is 0 Å². The van der Waals surface area contributed by atoms with Crippen LogP contribution in [0.5, 0.6) is 0 Å². The zero-order chi connectivity index (χ0) is 15.4. The molecule has 2 rings (SSSR count). The topological polar surface area (TPSA) is 50.8 Å². The molecule has 2 N–H and O–H groups in total. The average molecular weight is 303 g/mol. The Labute approximate surface area is 131 Å². The van der Waals surface area contributed by atoms with E-state index >= 15 is 0 Å². The summed E-state index contributed by atoms with van der Waals surface area (Å²) in [5.41, 5.74) is 9.43. The Hall–Kier alpha value is -1.88. The quantitative estimate of drug-likeness (QED) is 0.839. The van der Waals surface area contributed by atoms with Gasteiger partial charge in [0.25, 0.3) is 0 Å². The van der Waals surface area contributed by atoms with Gasteiger partial charge >= 0.3 is 0 Å². The molecule has 0 saturated carbocycles. The zero-order valence-corrected chi connectivity index (χ0v) is 13.5. The van der Waals surface area contributed by atoms with E-state index in [1.54, 1.807) is 0 Å². The first-order chi connectivity index (χ1) is 10.0. The van der Waals surface area contributed by atoms with Crippen LogP contribution in [0.15, 0.2) is 51.7 Å². The van der Waals surface area contributed by atoms with Crippen LogP contribution in [0, 0.1) is 0 Å². The summed E-state index contributed by atoms with van der Waals surface area (Å²) in [5.74, 6) is 0.688. The first kappa shape index (κ1) is 15.5. The van der Waals surface area contributed by atoms with Crippen LogP contribution in [-0.2, 0) is 4.74 Å². The van der Waals surface area contributed by atoms with Crippen LogP contribution in [0.3, 0.4) is 0 Å². The monoisotopic (exact) mass is 303 g/mol. The van der Waals surface area contributed by atoms with Gasteiger partial charge in [0.1, 0.15) is 5.76 Å². The molecular weight excluding hydrogens is 282 g/mol. The van der Waals surface area contributed by atoms with Crippen molar-refractivity contribution in [1.82, 2.24) is 0 Å². The molecule has 0 aliphatic heterocycles. The number of allylic oxidation sites excluding steroid dienone is 2. The fraction of sp³-hybridized carbons (Fsp3) is 0.312. The van der Waals surface area contributed by atoms with Crippen molar-refractivity contribution in [2.45, 2.75) is 18.2 Å². The van der Waals surface area contributed by atoms with E-state index in [2.05, 4.69) is 17.6 Å². The minimum atomic E-state index is 0.586. The van der Waals surface area contributed by atoms with E-state index in [-0.39, 0.29) is 0 Å². The molecule has 5 heteroatoms. The van der Waals surface area contributed by atoms with Crippen molar-refractivity contribution < 1.29 is 4.74 Å². The van der Waals surface area contributed by atoms with Gasteiger partial charge in [0, 0.05) is 42.9 Å². The van der Waals surface area contributed by atoms with Crippen LogP contribution >= 0.6 is 12.6 Å². The van der Waals surface area contributed by atoms with E-state index < -0.39 is 0 Å². The number of aliphatic imine (C=N–C) groups is 1. The molecule has 0 fully saturated rings. The van der Waals surface area contributed by atoms with E-state index in [4.69, 9.17) is 10.5 Å². The van der Waals surface area contributed by atoms with Crippen LogP contribution in [0.25, 0.3) is 0 Å². The number of anilines is 1. The maximum atomic E-state index is 5.90. The van der Waals surface area contributed by atoms with Crippen LogP contribution in [0.2, 0.25) is 0 Å². The predicted octanol–water partition coefficient (Wildman–Crippen LogP) is 3.28. The molecule has 0 saturated heterocycles. The second kappa shape index (κ2) is 6.72. The Morgan fingerprint density at radius 2 is 2.14 bits per heavy atom. The van der Waals surface area contributed by atoms with Crippen LogP contribution in [0.1, 0.15) is 13.3 Å². The molecule has 0 radical (unpaired) electrons. The van der Waals surface area contributed by atoms with Crippen molar-refractivity contribution in [3.63, 3.8) is 0 Å². The predicted molar refractivity (Wildman–Crippen MR) is 91.7 cm³/mol. The largest absolute Gasteiger partial charge is 0.492 e. The summed E-state index contributed by atoms with van der Waals surface area (Å²) >= 11 is 4.52. The van der Waals surface area contributed by atoms with Crippen LogP contribution in [-0.4, -0.2) is 26.4 Å². The molecule has 4 nitrogen and oxygen atoms in total. The van der Waals surface area contributed by atoms with Gasteiger partial charge in [0.15, 0.2) is 0 Å². The highest BCUT2D eigenvalue weighted by atomic mass is 32.1. The van der Waals surface area contributed by atoms with Gasteiger partial charge in [-0.3, -0.25) is 4.99 Å². The third-order valence-corrected chi connectivity index (χ3v) is 3.51. The fourth-order valence-electron chi connectivity index (χ4n) is 2.01. The number of rotatable bonds is 4. The third kappa shape index (κ3) is 3.82. The Balaban J connectivity index is 2.28. The number of ether oxygens (including phenoxy) is 1. The molecule has 0 bridgehead atoms. The third-order valence-electron chi connectivity index (χ3n) is 3.15. The summed E-state index contributed by atoms with van der Waals surface area (Å²) in [5, 5.41) is 0. The van der Waals surface area contributed by atoms with Gasteiger partial charge in [-0.1, -0.05) is 6.08 Å². The molecule has 0 aromatic heterocycles. The smallest absolute Gasteiger partial charge is 0.143 e. The van der Waals surface area contributed by atoms with Crippen molar-refractivity contribution >= 4 is 29.7 Å². The number of hydrogen-bond acceptors (Lipinski definition) is 5. The molecule has 0 amide bonds. The minimum Gasteiger partial charge on any atom is -0.492 e. The number of nitrogens with zero attached hydrogens (tertiary/aromatic N) is 2. The van der Waals surface area contributed by atoms with Gasteiger partial charge in [-0.05, 0) is 25.1 Å². The molecule has 1 aliphatic rings. The second-order valence-electron chi connectivity index (χ2n) is 4.98. The number of thiol groups is 1. The summed E-state index contributed by atoms with van der Waals surface area (Å²) in [7, 11) is 4.00. The Bertz CT molecular complexity index is 618. The number of hydrogen-bond donors (Lipinski definition) is 2. The van der Waals surface area contributed by atoms with Gasteiger partial charge in [0.05, 0.1) is 18.0 Å². The van der Waals surface area contributed by atoms with E-state index in [0.717, 1.165) is 22.0 Å². The van der Waals surface area contributed by atoms with E-state index in [1.165, 1.54) is 0 Å². The van der Waals surface area contributed by atoms with Gasteiger partial charge < -0.3 is 15.4 Å². The van der Waals surface area contributed by atoms with Gasteiger partial charge in [-0.25, -0.2) is 0 Å². The summed E-state index contributed by atoms with van der Waals surface area (Å²) in [6.45, 7) is 2.52. The molecule has 1 aromatic carbocycles. The van der Waals surface area contributed by atoms with Gasteiger partial charge in [-0.15, -0.1) is 12.6 Å². The standard InChI is InChI=1S/C16H21N3OS/c1-4-20-15-9-11(5-7-13(15)17)18-14-8-6-12(19(2)3)10-16(14)21/h6-10,21H,4-5,17H2,1-3H3. The molecule has 1 aromatic rings. The maximum absolute atomic E-state index is 5.90. The highest BCUT2D eigenvalue weighted by Crippen LogP contribution is 2.29. The van der Waals surface area contributed by atoms with E-state index in [9.17, 15) is 0 Å². The normalized spacial score (nSPS) is 16.5. The first-order valence-electron chi connectivity index (χ1n) is 6.89. The second-order valence-corrected chi connectivity index (χ2v) is 5.46. The lowest BCUT2D eigenvalue weighted by Gasteiger charge is -2.15. The first-order valence-corrected chi connectivity index (χ1v) is 7.34. The highest BCUT2D eigenvalue weighted by molar-refractivity contribution is 7.80. The lowest BCUT2D eigenvalue weighted by atomic mass is 10.1. The molecule has 0 atom stereocenters. The average Bonchev–Trinajstić information content (AvgIpc) is 2.44. The molecule has 0 spiro atoms. The van der Waals surface area contributed by atoms with Gasteiger partial charge in [-0.2, -0.15) is 0 Å². The van der Waals surface area contributed by atoms with Crippen molar-refractivity contribution in [3.05, 3.63) is 41.8 Å². The highest BCUT2D eigenvalue weighted by Gasteiger charge is 2.11. The molecular formula is C16H21N3OS. The molecule has 21 heavy (non-hydrogen) atoms. The summed E-state index contributed by atoms with van der Waals surface area (Å²) in [6, 6.07) is 6.00. The maximum Gasteiger partial charge on any atom is 0.143 e. The van der Waals surface area contributed by atoms with Crippen molar-refractivity contribution in [2.75, 3.05) is 25.6 Å². The molecule has 1 aliphatic carbocycles. The lowest BCUT2D eigenvalue weighted by molar-refractivity contribution is 0.237. The molecule has 0 unspecified atom stereocenters. The van der Waals surface area contributed by atoms with Crippen LogP contribution in [0.4, 0.5) is 11.4 Å². The summed E-state index contributed by atoms with van der Waals surface area (Å²) in [4.78, 5) is 7.54. The zero-order valence-electron chi connectivity index (χ0n) is 12.6. The van der Waals surface area contributed by atoms with Crippen molar-refractivity contribution in [2.24, 2.45) is 10.7 Å². The Kier molecular flexibility index (Phi) is 4.96. The number of benzene rings is 1. The number of nitrogens with two attached hydrogens (primary N) is 1. The fourth-order valence-corrected chi connectivity index (χ4v) is 2.26.